The van der Waals surface area contributed by atoms with Crippen molar-refractivity contribution in [1.82, 2.24) is 0 Å². The van der Waals surface area contributed by atoms with Gasteiger partial charge in [0.15, 0.2) is 13.0 Å². The lowest BCUT2D eigenvalue weighted by Crippen LogP contribution is -2.39. The maximum absolute atomic E-state index is 10.7. The van der Waals surface area contributed by atoms with Crippen LogP contribution in [0.3, 0.4) is 0 Å². The SMILES string of the molecule is CCO/N=C/c1cccc[n+]1COCOS(C)(=O)=O. The van der Waals surface area contributed by atoms with E-state index in [1.54, 1.807) is 17.0 Å². The average molecular weight is 289 g/mol. The maximum atomic E-state index is 10.7. The zero-order valence-corrected chi connectivity index (χ0v) is 11.7. The van der Waals surface area contributed by atoms with E-state index in [9.17, 15) is 8.42 Å². The Labute approximate surface area is 112 Å². The number of ether oxygens (including phenoxy) is 1. The standard InChI is InChI=1S/C11H17N2O5S/c1-3-17-12-8-11-6-4-5-7-13(11)9-16-10-18-19(2,14)15/h4-8H,3,9-10H2,1-2H3/q+1/b12-8+. The van der Waals surface area contributed by atoms with Gasteiger partial charge in [-0.25, -0.2) is 4.18 Å². The van der Waals surface area contributed by atoms with Crippen LogP contribution < -0.4 is 4.57 Å². The van der Waals surface area contributed by atoms with Crippen LogP contribution in [0, 0.1) is 0 Å². The third-order valence-corrected chi connectivity index (χ3v) is 2.46. The number of rotatable bonds is 8. The van der Waals surface area contributed by atoms with Gasteiger partial charge in [0.2, 0.25) is 5.69 Å². The van der Waals surface area contributed by atoms with Gasteiger partial charge >= 0.3 is 0 Å². The van der Waals surface area contributed by atoms with Crippen LogP contribution in [-0.2, 0) is 30.6 Å². The van der Waals surface area contributed by atoms with Crippen LogP contribution in [0.1, 0.15) is 12.6 Å². The van der Waals surface area contributed by atoms with Crippen LogP contribution in [0.5, 0.6) is 0 Å². The van der Waals surface area contributed by atoms with Crippen molar-refractivity contribution in [2.75, 3.05) is 19.7 Å². The van der Waals surface area contributed by atoms with E-state index in [-0.39, 0.29) is 13.5 Å². The highest BCUT2D eigenvalue weighted by Crippen LogP contribution is 1.91. The van der Waals surface area contributed by atoms with Crippen molar-refractivity contribution in [1.29, 1.82) is 0 Å². The molecule has 8 heteroatoms. The number of pyridine rings is 1. The van der Waals surface area contributed by atoms with Crippen molar-refractivity contribution in [2.45, 2.75) is 13.7 Å². The van der Waals surface area contributed by atoms with Crippen LogP contribution in [0.2, 0.25) is 0 Å². The van der Waals surface area contributed by atoms with Crippen molar-refractivity contribution in [3.63, 3.8) is 0 Å². The molecule has 0 saturated carbocycles. The second-order valence-electron chi connectivity index (χ2n) is 3.52. The minimum absolute atomic E-state index is 0.143. The summed E-state index contributed by atoms with van der Waals surface area (Å²) in [4.78, 5) is 4.87. The lowest BCUT2D eigenvalue weighted by molar-refractivity contribution is -0.734. The summed E-state index contributed by atoms with van der Waals surface area (Å²) in [5.41, 5.74) is 0.760. The van der Waals surface area contributed by atoms with Crippen molar-refractivity contribution in [2.24, 2.45) is 5.16 Å². The molecule has 7 nitrogen and oxygen atoms in total. The minimum atomic E-state index is -3.49. The van der Waals surface area contributed by atoms with Crippen molar-refractivity contribution < 1.29 is 26.7 Å². The molecule has 0 radical (unpaired) electrons. The largest absolute Gasteiger partial charge is 0.396 e. The summed E-state index contributed by atoms with van der Waals surface area (Å²) in [5, 5.41) is 3.76. The molecule has 0 aliphatic carbocycles. The van der Waals surface area contributed by atoms with Gasteiger partial charge in [-0.05, 0) is 13.0 Å². The summed E-state index contributed by atoms with van der Waals surface area (Å²) in [7, 11) is -3.49. The lowest BCUT2D eigenvalue weighted by Gasteiger charge is -2.02. The molecule has 0 N–H and O–H groups in total. The normalized spacial score (nSPS) is 11.9. The van der Waals surface area contributed by atoms with E-state index in [4.69, 9.17) is 9.57 Å². The first-order valence-electron chi connectivity index (χ1n) is 5.59. The molecule has 0 amide bonds. The fourth-order valence-electron chi connectivity index (χ4n) is 1.15. The van der Waals surface area contributed by atoms with Crippen LogP contribution in [0.4, 0.5) is 0 Å². The predicted molar refractivity (Wildman–Crippen MR) is 67.7 cm³/mol. The summed E-state index contributed by atoms with van der Waals surface area (Å²) < 4.78 is 32.8. The molecule has 1 rings (SSSR count). The monoisotopic (exact) mass is 289 g/mol. The average Bonchev–Trinajstić information content (AvgIpc) is 2.35. The second-order valence-corrected chi connectivity index (χ2v) is 5.16. The third-order valence-electron chi connectivity index (χ3n) is 1.94. The van der Waals surface area contributed by atoms with E-state index >= 15 is 0 Å². The van der Waals surface area contributed by atoms with Gasteiger partial charge in [0.05, 0.1) is 6.26 Å². The molecule has 1 aromatic rings. The quantitative estimate of drug-likeness (QED) is 0.171. The van der Waals surface area contributed by atoms with Gasteiger partial charge in [-0.1, -0.05) is 5.16 Å². The first-order chi connectivity index (χ1) is 9.03. The highest BCUT2D eigenvalue weighted by Gasteiger charge is 2.08. The predicted octanol–water partition coefficient (Wildman–Crippen LogP) is 0.252. The van der Waals surface area contributed by atoms with Gasteiger partial charge in [-0.3, -0.25) is 4.74 Å². The zero-order valence-electron chi connectivity index (χ0n) is 10.9. The number of hydrogen-bond acceptors (Lipinski definition) is 6. The van der Waals surface area contributed by atoms with Gasteiger partial charge in [-0.2, -0.15) is 13.0 Å². The molecule has 1 aromatic heterocycles. The van der Waals surface area contributed by atoms with E-state index in [1.165, 1.54) is 0 Å². The van der Waals surface area contributed by atoms with Crippen molar-refractivity contribution in [3.05, 3.63) is 30.1 Å². The minimum Gasteiger partial charge on any atom is -0.396 e. The zero-order chi connectivity index (χ0) is 14.1. The Morgan fingerprint density at radius 1 is 1.42 bits per heavy atom. The molecule has 0 aromatic carbocycles. The van der Waals surface area contributed by atoms with Crippen LogP contribution >= 0.6 is 0 Å². The summed E-state index contributed by atoms with van der Waals surface area (Å²) in [6, 6.07) is 5.49. The van der Waals surface area contributed by atoms with Crippen LogP contribution in [0.25, 0.3) is 0 Å². The molecule has 0 saturated heterocycles. The fourth-order valence-corrected chi connectivity index (χ4v) is 1.39. The van der Waals surface area contributed by atoms with Gasteiger partial charge < -0.3 is 4.84 Å². The highest BCUT2D eigenvalue weighted by atomic mass is 32.2. The van der Waals surface area contributed by atoms with E-state index in [0.717, 1.165) is 11.9 Å². The number of aromatic nitrogens is 1. The highest BCUT2D eigenvalue weighted by molar-refractivity contribution is 7.85. The Balaban J connectivity index is 2.53. The van der Waals surface area contributed by atoms with Gasteiger partial charge in [0.25, 0.3) is 16.8 Å². The molecular formula is C11H17N2O5S+. The number of nitrogens with zero attached hydrogens (tertiary/aromatic N) is 2. The van der Waals surface area contributed by atoms with Crippen molar-refractivity contribution in [3.8, 4) is 0 Å². The molecule has 19 heavy (non-hydrogen) atoms. The number of oxime groups is 1. The molecule has 0 spiro atoms. The molecular weight excluding hydrogens is 272 g/mol. The Kier molecular flexibility index (Phi) is 6.40. The van der Waals surface area contributed by atoms with Gasteiger partial charge in [0.1, 0.15) is 12.8 Å². The molecule has 0 unspecified atom stereocenters. The lowest BCUT2D eigenvalue weighted by atomic mass is 10.3. The van der Waals surface area contributed by atoms with E-state index in [2.05, 4.69) is 9.34 Å². The number of hydrogen-bond donors (Lipinski definition) is 0. The summed E-state index contributed by atoms with van der Waals surface area (Å²) in [5.74, 6) is 0. The summed E-state index contributed by atoms with van der Waals surface area (Å²) >= 11 is 0. The van der Waals surface area contributed by atoms with E-state index in [1.807, 2.05) is 25.1 Å². The Hall–Kier alpha value is -1.51. The van der Waals surface area contributed by atoms with E-state index in [0.29, 0.717) is 6.61 Å². The Morgan fingerprint density at radius 3 is 2.89 bits per heavy atom. The smallest absolute Gasteiger partial charge is 0.266 e. The maximum Gasteiger partial charge on any atom is 0.266 e. The van der Waals surface area contributed by atoms with Gasteiger partial charge in [-0.15, -0.1) is 0 Å². The molecule has 0 fully saturated rings. The molecule has 0 atom stereocenters. The third kappa shape index (κ3) is 6.85. The van der Waals surface area contributed by atoms with Crippen LogP contribution in [0.15, 0.2) is 29.6 Å². The molecule has 0 aliphatic rings. The molecule has 0 aliphatic heterocycles. The summed E-state index contributed by atoms with van der Waals surface area (Å²) in [6.45, 7) is 2.14. The first kappa shape index (κ1) is 15.5. The van der Waals surface area contributed by atoms with E-state index < -0.39 is 10.1 Å². The van der Waals surface area contributed by atoms with Gasteiger partial charge in [0, 0.05) is 12.1 Å². The molecule has 1 heterocycles. The topological polar surface area (TPSA) is 78.1 Å². The molecule has 0 bridgehead atoms. The summed E-state index contributed by atoms with van der Waals surface area (Å²) in [6.07, 6.45) is 4.28. The molecule has 106 valence electrons. The Morgan fingerprint density at radius 2 is 2.21 bits per heavy atom. The second kappa shape index (κ2) is 7.82. The fraction of sp³-hybridized carbons (Fsp3) is 0.455. The first-order valence-corrected chi connectivity index (χ1v) is 7.40. The van der Waals surface area contributed by atoms with Crippen LogP contribution in [-0.4, -0.2) is 34.3 Å². The Bertz CT molecular complexity index is 516. The van der Waals surface area contributed by atoms with Crippen molar-refractivity contribution >= 4 is 16.3 Å².